The molecule has 0 saturated heterocycles. The maximum absolute atomic E-state index is 11.1. The fourth-order valence-corrected chi connectivity index (χ4v) is 1.79. The molecule has 1 aliphatic rings. The van der Waals surface area contributed by atoms with Crippen LogP contribution in [0.1, 0.15) is 19.4 Å². The van der Waals surface area contributed by atoms with Gasteiger partial charge in [0.25, 0.3) is 0 Å². The number of aliphatic hydroxyl groups excluding tert-OH is 1. The first kappa shape index (κ1) is 16.8. The normalized spacial score (nSPS) is 17.3. The number of esters is 1. The average molecular weight is 290 g/mol. The molecule has 0 aliphatic carbocycles. The number of Topliss-reactive ketones (excluding diaryl/α,β-unsaturated/α-hetero) is 1. The van der Waals surface area contributed by atoms with Crippen LogP contribution in [0.15, 0.2) is 42.2 Å². The Bertz CT molecular complexity index is 545. The van der Waals surface area contributed by atoms with E-state index in [2.05, 4.69) is 4.74 Å². The highest BCUT2D eigenvalue weighted by atomic mass is 16.5. The zero-order valence-corrected chi connectivity index (χ0v) is 12.0. The second kappa shape index (κ2) is 8.11. The number of benzene rings is 1. The quantitative estimate of drug-likeness (QED) is 0.673. The second-order valence-electron chi connectivity index (χ2n) is 4.58. The third-order valence-electron chi connectivity index (χ3n) is 2.78. The van der Waals surface area contributed by atoms with Crippen LogP contribution in [0.25, 0.3) is 0 Å². The Morgan fingerprint density at radius 1 is 1.24 bits per heavy atom. The lowest BCUT2D eigenvalue weighted by Gasteiger charge is -2.15. The van der Waals surface area contributed by atoms with E-state index in [1.165, 1.54) is 19.4 Å². The predicted molar refractivity (Wildman–Crippen MR) is 76.3 cm³/mol. The zero-order chi connectivity index (χ0) is 15.8. The third-order valence-corrected chi connectivity index (χ3v) is 2.78. The molecule has 0 aromatic heterocycles. The maximum Gasteiger partial charge on any atom is 0.329 e. The van der Waals surface area contributed by atoms with E-state index in [9.17, 15) is 14.4 Å². The minimum absolute atomic E-state index is 0.238. The number of hydrogen-bond acceptors (Lipinski definition) is 5. The highest BCUT2D eigenvalue weighted by molar-refractivity contribution is 6.21. The molecular formula is C16H18O5. The SMILES string of the molecule is CC(=O)C1C(=O)C=C(C)OC1=O.OCCc1ccccc1. The van der Waals surface area contributed by atoms with E-state index in [0.29, 0.717) is 0 Å². The van der Waals surface area contributed by atoms with Gasteiger partial charge in [0.15, 0.2) is 17.5 Å². The number of allylic oxidation sites excluding steroid dienone is 2. The molecule has 1 aliphatic heterocycles. The van der Waals surface area contributed by atoms with Gasteiger partial charge >= 0.3 is 5.97 Å². The number of ether oxygens (including phenoxy) is 1. The summed E-state index contributed by atoms with van der Waals surface area (Å²) >= 11 is 0. The van der Waals surface area contributed by atoms with Crippen molar-refractivity contribution >= 4 is 17.5 Å². The van der Waals surface area contributed by atoms with Crippen molar-refractivity contribution < 1.29 is 24.2 Å². The molecule has 1 N–H and O–H groups in total. The van der Waals surface area contributed by atoms with Gasteiger partial charge in [-0.3, -0.25) is 14.4 Å². The number of carbonyl (C=O) groups is 3. The predicted octanol–water partition coefficient (Wildman–Crippen LogP) is 1.44. The molecule has 0 fully saturated rings. The molecule has 0 spiro atoms. The molecule has 21 heavy (non-hydrogen) atoms. The molecule has 112 valence electrons. The molecule has 5 nitrogen and oxygen atoms in total. The monoisotopic (exact) mass is 290 g/mol. The summed E-state index contributed by atoms with van der Waals surface area (Å²) in [5, 5.41) is 8.52. The summed E-state index contributed by atoms with van der Waals surface area (Å²) in [4.78, 5) is 32.8. The lowest BCUT2D eigenvalue weighted by Crippen LogP contribution is -2.33. The van der Waals surface area contributed by atoms with Gasteiger partial charge in [0.1, 0.15) is 5.76 Å². The summed E-state index contributed by atoms with van der Waals surface area (Å²) in [6.45, 7) is 2.93. The van der Waals surface area contributed by atoms with Crippen molar-refractivity contribution in [2.24, 2.45) is 5.92 Å². The molecule has 0 amide bonds. The van der Waals surface area contributed by atoms with Crippen LogP contribution >= 0.6 is 0 Å². The van der Waals surface area contributed by atoms with E-state index in [0.717, 1.165) is 12.5 Å². The zero-order valence-electron chi connectivity index (χ0n) is 12.0. The third kappa shape index (κ3) is 5.31. The summed E-state index contributed by atoms with van der Waals surface area (Å²) in [7, 11) is 0. The Morgan fingerprint density at radius 3 is 2.33 bits per heavy atom. The van der Waals surface area contributed by atoms with Crippen LogP contribution in [0, 0.1) is 5.92 Å². The van der Waals surface area contributed by atoms with Crippen molar-refractivity contribution in [1.82, 2.24) is 0 Å². The lowest BCUT2D eigenvalue weighted by atomic mass is 9.98. The first-order valence-corrected chi connectivity index (χ1v) is 6.54. The first-order valence-electron chi connectivity index (χ1n) is 6.54. The van der Waals surface area contributed by atoms with E-state index >= 15 is 0 Å². The van der Waals surface area contributed by atoms with Crippen molar-refractivity contribution in [3.8, 4) is 0 Å². The Labute approximate surface area is 123 Å². The van der Waals surface area contributed by atoms with Crippen molar-refractivity contribution in [2.75, 3.05) is 6.61 Å². The molecule has 0 bridgehead atoms. The molecular weight excluding hydrogens is 272 g/mol. The largest absolute Gasteiger partial charge is 0.430 e. The van der Waals surface area contributed by atoms with Crippen LogP contribution in [-0.4, -0.2) is 29.2 Å². The Kier molecular flexibility index (Phi) is 6.49. The molecule has 1 heterocycles. The van der Waals surface area contributed by atoms with Gasteiger partial charge < -0.3 is 9.84 Å². The standard InChI is InChI=1S/C8H8O4.C8H10O/c1-4-3-6(10)7(5(2)9)8(11)12-4;9-7-6-8-4-2-1-3-5-8/h3,7H,1-2H3;1-5,9H,6-7H2. The van der Waals surface area contributed by atoms with E-state index in [1.807, 2.05) is 30.3 Å². The van der Waals surface area contributed by atoms with E-state index in [-0.39, 0.29) is 12.4 Å². The van der Waals surface area contributed by atoms with Gasteiger partial charge in [-0.05, 0) is 25.8 Å². The summed E-state index contributed by atoms with van der Waals surface area (Å²) in [6.07, 6.45) is 1.92. The van der Waals surface area contributed by atoms with Crippen LogP contribution in [0.4, 0.5) is 0 Å². The topological polar surface area (TPSA) is 80.7 Å². The van der Waals surface area contributed by atoms with Crippen molar-refractivity contribution in [1.29, 1.82) is 0 Å². The Balaban J connectivity index is 0.000000219. The molecule has 0 radical (unpaired) electrons. The summed E-state index contributed by atoms with van der Waals surface area (Å²) in [5.41, 5.74) is 1.19. The summed E-state index contributed by atoms with van der Waals surface area (Å²) in [5.74, 6) is -2.74. The number of ketones is 2. The van der Waals surface area contributed by atoms with Crippen LogP contribution in [-0.2, 0) is 25.5 Å². The number of hydrogen-bond donors (Lipinski definition) is 1. The smallest absolute Gasteiger partial charge is 0.329 e. The van der Waals surface area contributed by atoms with Crippen LogP contribution in [0.2, 0.25) is 0 Å². The highest BCUT2D eigenvalue weighted by Crippen LogP contribution is 2.14. The summed E-state index contributed by atoms with van der Waals surface area (Å²) < 4.78 is 4.61. The molecule has 1 atom stereocenters. The number of cyclic esters (lactones) is 1. The fraction of sp³-hybridized carbons (Fsp3) is 0.312. The van der Waals surface area contributed by atoms with Crippen molar-refractivity contribution in [3.05, 3.63) is 47.7 Å². The van der Waals surface area contributed by atoms with Gasteiger partial charge in [0.05, 0.1) is 0 Å². The first-order chi connectivity index (χ1) is 9.95. The fourth-order valence-electron chi connectivity index (χ4n) is 1.79. The van der Waals surface area contributed by atoms with Gasteiger partial charge in [-0.1, -0.05) is 30.3 Å². The van der Waals surface area contributed by atoms with Gasteiger partial charge in [-0.2, -0.15) is 0 Å². The Morgan fingerprint density at radius 2 is 1.86 bits per heavy atom. The van der Waals surface area contributed by atoms with E-state index in [4.69, 9.17) is 5.11 Å². The number of aliphatic hydroxyl groups is 1. The molecule has 2 rings (SSSR count). The van der Waals surface area contributed by atoms with Gasteiger partial charge in [0, 0.05) is 12.7 Å². The highest BCUT2D eigenvalue weighted by Gasteiger charge is 2.34. The molecule has 5 heteroatoms. The number of rotatable bonds is 3. The molecule has 0 saturated carbocycles. The maximum atomic E-state index is 11.1. The van der Waals surface area contributed by atoms with Crippen molar-refractivity contribution in [3.63, 3.8) is 0 Å². The van der Waals surface area contributed by atoms with Gasteiger partial charge in [-0.15, -0.1) is 0 Å². The minimum Gasteiger partial charge on any atom is -0.430 e. The second-order valence-corrected chi connectivity index (χ2v) is 4.58. The van der Waals surface area contributed by atoms with E-state index in [1.54, 1.807) is 0 Å². The molecule has 1 aromatic rings. The van der Waals surface area contributed by atoms with Gasteiger partial charge in [0.2, 0.25) is 0 Å². The lowest BCUT2D eigenvalue weighted by molar-refractivity contribution is -0.152. The average Bonchev–Trinajstić information content (AvgIpc) is 2.39. The number of carbonyl (C=O) groups excluding carboxylic acids is 3. The van der Waals surface area contributed by atoms with Crippen molar-refractivity contribution in [2.45, 2.75) is 20.3 Å². The van der Waals surface area contributed by atoms with Crippen LogP contribution in [0.3, 0.4) is 0 Å². The van der Waals surface area contributed by atoms with Crippen LogP contribution < -0.4 is 0 Å². The summed E-state index contributed by atoms with van der Waals surface area (Å²) in [6, 6.07) is 9.95. The minimum atomic E-state index is -1.24. The van der Waals surface area contributed by atoms with E-state index < -0.39 is 23.5 Å². The Hall–Kier alpha value is -2.27. The molecule has 1 unspecified atom stereocenters. The van der Waals surface area contributed by atoms with Crippen LogP contribution in [0.5, 0.6) is 0 Å². The van der Waals surface area contributed by atoms with Gasteiger partial charge in [-0.25, -0.2) is 0 Å². The molecule has 1 aromatic carbocycles.